The highest BCUT2D eigenvalue weighted by molar-refractivity contribution is 6.09. The molecule has 29 heavy (non-hydrogen) atoms. The van der Waals surface area contributed by atoms with Gasteiger partial charge in [0.15, 0.2) is 0 Å². The molecule has 0 radical (unpaired) electrons. The summed E-state index contributed by atoms with van der Waals surface area (Å²) < 4.78 is 38.0. The van der Waals surface area contributed by atoms with Gasteiger partial charge in [0.2, 0.25) is 5.91 Å². The Morgan fingerprint density at radius 2 is 1.83 bits per heavy atom. The third kappa shape index (κ3) is 4.38. The molecule has 3 rings (SSSR count). The molecule has 1 aromatic rings. The molecular weight excluding hydrogens is 387 g/mol. The predicted octanol–water partition coefficient (Wildman–Crippen LogP) is 3.38. The number of hydrogen-bond acceptors (Lipinski definition) is 3. The van der Waals surface area contributed by atoms with Gasteiger partial charge < -0.3 is 10.6 Å². The lowest BCUT2D eigenvalue weighted by atomic mass is 9.77. The standard InChI is InChI=1S/C20H24F3N3O3/c1-12-7-9-19(10-8-12)17(28)26(18(29)25-19)11-16(27)24-13(2)14-3-5-15(6-4-14)20(21,22)23/h3-6,12-13H,7-11H2,1-2H3,(H,24,27)(H,25,29). The van der Waals surface area contributed by atoms with Gasteiger partial charge in [-0.15, -0.1) is 0 Å². The molecule has 1 saturated heterocycles. The average molecular weight is 411 g/mol. The van der Waals surface area contributed by atoms with E-state index in [-0.39, 0.29) is 5.91 Å². The number of benzene rings is 1. The molecule has 6 nitrogen and oxygen atoms in total. The molecular formula is C20H24F3N3O3. The van der Waals surface area contributed by atoms with Crippen LogP contribution in [0.15, 0.2) is 24.3 Å². The summed E-state index contributed by atoms with van der Waals surface area (Å²) in [6.07, 6.45) is -1.66. The zero-order valence-electron chi connectivity index (χ0n) is 16.3. The lowest BCUT2D eigenvalue weighted by molar-refractivity contribution is -0.137. The molecule has 1 saturated carbocycles. The second-order valence-electron chi connectivity index (χ2n) is 8.00. The van der Waals surface area contributed by atoms with Crippen LogP contribution in [-0.4, -0.2) is 34.8 Å². The van der Waals surface area contributed by atoms with E-state index >= 15 is 0 Å². The number of nitrogens with zero attached hydrogens (tertiary/aromatic N) is 1. The highest BCUT2D eigenvalue weighted by Gasteiger charge is 2.52. The quantitative estimate of drug-likeness (QED) is 0.746. The molecule has 2 aliphatic rings. The normalized spacial score (nSPS) is 25.8. The van der Waals surface area contributed by atoms with E-state index in [9.17, 15) is 27.6 Å². The number of rotatable bonds is 4. The Hall–Kier alpha value is -2.58. The van der Waals surface area contributed by atoms with Crippen molar-refractivity contribution in [3.63, 3.8) is 0 Å². The van der Waals surface area contributed by atoms with Crippen molar-refractivity contribution >= 4 is 17.8 Å². The van der Waals surface area contributed by atoms with E-state index in [1.807, 2.05) is 0 Å². The van der Waals surface area contributed by atoms with Gasteiger partial charge in [0, 0.05) is 0 Å². The topological polar surface area (TPSA) is 78.5 Å². The minimum absolute atomic E-state index is 0.383. The summed E-state index contributed by atoms with van der Waals surface area (Å²) in [5, 5.41) is 5.38. The minimum atomic E-state index is -4.43. The van der Waals surface area contributed by atoms with E-state index in [2.05, 4.69) is 17.6 Å². The van der Waals surface area contributed by atoms with Crippen LogP contribution < -0.4 is 10.6 Å². The molecule has 1 unspecified atom stereocenters. The van der Waals surface area contributed by atoms with E-state index in [1.54, 1.807) is 6.92 Å². The largest absolute Gasteiger partial charge is 0.416 e. The van der Waals surface area contributed by atoms with Crippen LogP contribution >= 0.6 is 0 Å². The number of hydrogen-bond donors (Lipinski definition) is 2. The van der Waals surface area contributed by atoms with Crippen LogP contribution in [-0.2, 0) is 15.8 Å². The predicted molar refractivity (Wildman–Crippen MR) is 98.6 cm³/mol. The van der Waals surface area contributed by atoms with Gasteiger partial charge in [-0.3, -0.25) is 14.5 Å². The van der Waals surface area contributed by atoms with Crippen LogP contribution in [0.4, 0.5) is 18.0 Å². The van der Waals surface area contributed by atoms with Gasteiger partial charge >= 0.3 is 12.2 Å². The van der Waals surface area contributed by atoms with E-state index < -0.39 is 41.8 Å². The lowest BCUT2D eigenvalue weighted by Gasteiger charge is -2.33. The van der Waals surface area contributed by atoms with Gasteiger partial charge in [0.1, 0.15) is 12.1 Å². The zero-order chi connectivity index (χ0) is 21.4. The first-order valence-corrected chi connectivity index (χ1v) is 9.62. The van der Waals surface area contributed by atoms with Gasteiger partial charge in [-0.05, 0) is 56.2 Å². The van der Waals surface area contributed by atoms with E-state index in [1.165, 1.54) is 12.1 Å². The third-order valence-electron chi connectivity index (χ3n) is 5.79. The Balaban J connectivity index is 1.60. The lowest BCUT2D eigenvalue weighted by Crippen LogP contribution is -2.50. The van der Waals surface area contributed by atoms with Crippen molar-refractivity contribution in [2.45, 2.75) is 57.3 Å². The molecule has 9 heteroatoms. The van der Waals surface area contributed by atoms with Crippen molar-refractivity contribution in [2.24, 2.45) is 5.92 Å². The third-order valence-corrected chi connectivity index (χ3v) is 5.79. The number of urea groups is 1. The number of alkyl halides is 3. The Kier molecular flexibility index (Phi) is 5.60. The molecule has 2 fully saturated rings. The fourth-order valence-corrected chi connectivity index (χ4v) is 3.89. The van der Waals surface area contributed by atoms with E-state index in [4.69, 9.17) is 0 Å². The molecule has 4 amide bonds. The summed E-state index contributed by atoms with van der Waals surface area (Å²) in [4.78, 5) is 38.3. The van der Waals surface area contributed by atoms with Crippen LogP contribution in [0.3, 0.4) is 0 Å². The Morgan fingerprint density at radius 1 is 1.24 bits per heavy atom. The molecule has 2 N–H and O–H groups in total. The number of halogens is 3. The van der Waals surface area contributed by atoms with Crippen LogP contribution in [0.5, 0.6) is 0 Å². The number of imide groups is 1. The van der Waals surface area contributed by atoms with Crippen LogP contribution in [0, 0.1) is 5.92 Å². The maximum absolute atomic E-state index is 12.8. The molecule has 1 aromatic carbocycles. The summed E-state index contributed by atoms with van der Waals surface area (Å²) in [6, 6.07) is 3.32. The van der Waals surface area contributed by atoms with Crippen molar-refractivity contribution in [1.29, 1.82) is 0 Å². The molecule has 1 aliphatic heterocycles. The Bertz CT molecular complexity index is 799. The SMILES string of the molecule is CC1CCC2(CC1)NC(=O)N(CC(=O)NC(C)c1ccc(C(F)(F)F)cc1)C2=O. The summed E-state index contributed by atoms with van der Waals surface area (Å²) in [5.74, 6) is -0.443. The van der Waals surface area contributed by atoms with Gasteiger partial charge in [0.05, 0.1) is 11.6 Å². The average Bonchev–Trinajstić information content (AvgIpc) is 2.88. The monoisotopic (exact) mass is 411 g/mol. The molecule has 1 aliphatic carbocycles. The summed E-state index contributed by atoms with van der Waals surface area (Å²) >= 11 is 0. The van der Waals surface area contributed by atoms with Crippen molar-refractivity contribution in [2.75, 3.05) is 6.54 Å². The first-order chi connectivity index (χ1) is 13.5. The maximum Gasteiger partial charge on any atom is 0.416 e. The second kappa shape index (κ2) is 7.68. The van der Waals surface area contributed by atoms with Gasteiger partial charge in [0.25, 0.3) is 5.91 Å². The number of nitrogens with one attached hydrogen (secondary N) is 2. The van der Waals surface area contributed by atoms with Crippen molar-refractivity contribution in [3.8, 4) is 0 Å². The molecule has 158 valence electrons. The fraction of sp³-hybridized carbons (Fsp3) is 0.550. The van der Waals surface area contributed by atoms with Gasteiger partial charge in [-0.1, -0.05) is 19.1 Å². The van der Waals surface area contributed by atoms with Gasteiger partial charge in [-0.25, -0.2) is 4.79 Å². The fourth-order valence-electron chi connectivity index (χ4n) is 3.89. The molecule has 0 aromatic heterocycles. The van der Waals surface area contributed by atoms with Gasteiger partial charge in [-0.2, -0.15) is 13.2 Å². The van der Waals surface area contributed by atoms with Crippen molar-refractivity contribution in [1.82, 2.24) is 15.5 Å². The number of amides is 4. The number of carbonyl (C=O) groups excluding carboxylic acids is 3. The minimum Gasteiger partial charge on any atom is -0.348 e. The summed E-state index contributed by atoms with van der Waals surface area (Å²) in [7, 11) is 0. The van der Waals surface area contributed by atoms with Crippen molar-refractivity contribution in [3.05, 3.63) is 35.4 Å². The summed E-state index contributed by atoms with van der Waals surface area (Å²) in [5.41, 5.74) is -1.20. The zero-order valence-corrected chi connectivity index (χ0v) is 16.3. The molecule has 1 atom stereocenters. The highest BCUT2D eigenvalue weighted by Crippen LogP contribution is 2.36. The number of carbonyl (C=O) groups is 3. The Labute approximate surface area is 166 Å². The first-order valence-electron chi connectivity index (χ1n) is 9.62. The summed E-state index contributed by atoms with van der Waals surface area (Å²) in [6.45, 7) is 3.30. The maximum atomic E-state index is 12.8. The molecule has 1 heterocycles. The Morgan fingerprint density at radius 3 is 2.38 bits per heavy atom. The van der Waals surface area contributed by atoms with Crippen LogP contribution in [0.25, 0.3) is 0 Å². The molecule has 1 spiro atoms. The van der Waals surface area contributed by atoms with E-state index in [0.29, 0.717) is 24.3 Å². The van der Waals surface area contributed by atoms with Crippen molar-refractivity contribution < 1.29 is 27.6 Å². The first kappa shape index (κ1) is 21.1. The van der Waals surface area contributed by atoms with Crippen LogP contribution in [0.2, 0.25) is 0 Å². The van der Waals surface area contributed by atoms with Crippen LogP contribution in [0.1, 0.15) is 56.7 Å². The van der Waals surface area contributed by atoms with E-state index in [0.717, 1.165) is 29.9 Å². The highest BCUT2D eigenvalue weighted by atomic mass is 19.4. The smallest absolute Gasteiger partial charge is 0.348 e. The molecule has 0 bridgehead atoms. The second-order valence-corrected chi connectivity index (χ2v) is 8.00.